The van der Waals surface area contributed by atoms with Crippen LogP contribution in [0.15, 0.2) is 18.2 Å². The highest BCUT2D eigenvalue weighted by Crippen LogP contribution is 2.31. The van der Waals surface area contributed by atoms with Gasteiger partial charge >= 0.3 is 0 Å². The Labute approximate surface area is 109 Å². The fraction of sp³-hybridized carbons (Fsp3) is 0.571. The molecule has 1 heterocycles. The molecule has 0 saturated carbocycles. The summed E-state index contributed by atoms with van der Waals surface area (Å²) in [4.78, 5) is 2.44. The lowest BCUT2D eigenvalue weighted by atomic mass is 10.1. The van der Waals surface area contributed by atoms with E-state index < -0.39 is 0 Å². The van der Waals surface area contributed by atoms with Gasteiger partial charge in [0.1, 0.15) is 0 Å². The van der Waals surface area contributed by atoms with E-state index in [1.807, 2.05) is 6.07 Å². The summed E-state index contributed by atoms with van der Waals surface area (Å²) in [5, 5.41) is 0.835. The van der Waals surface area contributed by atoms with Crippen LogP contribution in [0.1, 0.15) is 38.2 Å². The Balaban J connectivity index is 2.25. The van der Waals surface area contributed by atoms with E-state index in [1.54, 1.807) is 0 Å². The Bertz CT molecular complexity index is 378. The summed E-state index contributed by atoms with van der Waals surface area (Å²) < 4.78 is 0. The van der Waals surface area contributed by atoms with Gasteiger partial charge in [0.05, 0.1) is 10.7 Å². The number of hydrogen-bond donors (Lipinski definition) is 1. The lowest BCUT2D eigenvalue weighted by Crippen LogP contribution is -2.32. The van der Waals surface area contributed by atoms with Crippen molar-refractivity contribution in [2.75, 3.05) is 11.4 Å². The van der Waals surface area contributed by atoms with E-state index in [9.17, 15) is 0 Å². The minimum absolute atomic E-state index is 0.551. The van der Waals surface area contributed by atoms with E-state index in [-0.39, 0.29) is 0 Å². The molecule has 1 aromatic rings. The number of anilines is 1. The molecule has 17 heavy (non-hydrogen) atoms. The number of nitrogens with zero attached hydrogens (tertiary/aromatic N) is 1. The lowest BCUT2D eigenvalue weighted by Gasteiger charge is -2.30. The van der Waals surface area contributed by atoms with Crippen molar-refractivity contribution < 1.29 is 0 Å². The zero-order valence-electron chi connectivity index (χ0n) is 10.5. The Hall–Kier alpha value is -0.730. The summed E-state index contributed by atoms with van der Waals surface area (Å²) in [5.41, 5.74) is 7.89. The Morgan fingerprint density at radius 2 is 2.18 bits per heavy atom. The largest absolute Gasteiger partial charge is 0.368 e. The van der Waals surface area contributed by atoms with Gasteiger partial charge in [-0.3, -0.25) is 0 Å². The maximum Gasteiger partial charge on any atom is 0.0642 e. The summed E-state index contributed by atoms with van der Waals surface area (Å²) >= 11 is 6.36. The van der Waals surface area contributed by atoms with Crippen molar-refractivity contribution in [3.63, 3.8) is 0 Å². The fourth-order valence-electron chi connectivity index (χ4n) is 2.54. The third kappa shape index (κ3) is 2.93. The van der Waals surface area contributed by atoms with Crippen molar-refractivity contribution in [1.82, 2.24) is 0 Å². The topological polar surface area (TPSA) is 29.3 Å². The first-order chi connectivity index (χ1) is 8.22. The van der Waals surface area contributed by atoms with E-state index in [0.717, 1.165) is 17.1 Å². The minimum atomic E-state index is 0.551. The maximum atomic E-state index is 6.36. The molecule has 94 valence electrons. The summed E-state index contributed by atoms with van der Waals surface area (Å²) in [5.74, 6) is 0. The number of hydrogen-bond acceptors (Lipinski definition) is 2. The first kappa shape index (κ1) is 12.7. The second-order valence-corrected chi connectivity index (χ2v) is 5.29. The number of halogens is 1. The first-order valence-electron chi connectivity index (χ1n) is 6.47. The van der Waals surface area contributed by atoms with Gasteiger partial charge < -0.3 is 10.6 Å². The van der Waals surface area contributed by atoms with Gasteiger partial charge in [-0.15, -0.1) is 0 Å². The molecule has 1 aliphatic heterocycles. The summed E-state index contributed by atoms with van der Waals surface area (Å²) in [7, 11) is 0. The predicted molar refractivity (Wildman–Crippen MR) is 74.6 cm³/mol. The monoisotopic (exact) mass is 252 g/mol. The van der Waals surface area contributed by atoms with Crippen LogP contribution in [0.5, 0.6) is 0 Å². The predicted octanol–water partition coefficient (Wildman–Crippen LogP) is 3.57. The van der Waals surface area contributed by atoms with Gasteiger partial charge in [0.25, 0.3) is 0 Å². The first-order valence-corrected chi connectivity index (χ1v) is 6.85. The standard InChI is InChI=1S/C14H21ClN2/c1-11-5-3-2-4-8-17(11)14-7-6-12(10-16)9-13(14)15/h6-7,9,11H,2-5,8,10,16H2,1H3. The van der Waals surface area contributed by atoms with Crippen molar-refractivity contribution >= 4 is 17.3 Å². The van der Waals surface area contributed by atoms with Crippen molar-refractivity contribution in [2.24, 2.45) is 5.73 Å². The zero-order chi connectivity index (χ0) is 12.3. The van der Waals surface area contributed by atoms with Gasteiger partial charge in [-0.25, -0.2) is 0 Å². The Morgan fingerprint density at radius 1 is 1.35 bits per heavy atom. The van der Waals surface area contributed by atoms with Crippen LogP contribution in [0.25, 0.3) is 0 Å². The molecule has 2 rings (SSSR count). The second-order valence-electron chi connectivity index (χ2n) is 4.88. The molecule has 1 saturated heterocycles. The Kier molecular flexibility index (Phi) is 4.30. The molecule has 0 radical (unpaired) electrons. The summed E-state index contributed by atoms with van der Waals surface area (Å²) in [6, 6.07) is 6.78. The highest BCUT2D eigenvalue weighted by atomic mass is 35.5. The highest BCUT2D eigenvalue weighted by Gasteiger charge is 2.19. The van der Waals surface area contributed by atoms with Gasteiger partial charge in [-0.05, 0) is 37.5 Å². The van der Waals surface area contributed by atoms with Gasteiger partial charge in [0.15, 0.2) is 0 Å². The van der Waals surface area contributed by atoms with Crippen LogP contribution in [0.2, 0.25) is 5.02 Å². The van der Waals surface area contributed by atoms with Crippen molar-refractivity contribution in [3.05, 3.63) is 28.8 Å². The molecule has 2 N–H and O–H groups in total. The SMILES string of the molecule is CC1CCCCCN1c1ccc(CN)cc1Cl. The van der Waals surface area contributed by atoms with E-state index in [1.165, 1.54) is 31.4 Å². The molecule has 1 aromatic carbocycles. The quantitative estimate of drug-likeness (QED) is 0.872. The van der Waals surface area contributed by atoms with Crippen LogP contribution in [0.4, 0.5) is 5.69 Å². The average Bonchev–Trinajstić information content (AvgIpc) is 2.54. The molecule has 1 unspecified atom stereocenters. The van der Waals surface area contributed by atoms with Crippen LogP contribution in [-0.2, 0) is 6.54 Å². The molecule has 1 atom stereocenters. The molecule has 0 spiro atoms. The molecule has 2 nitrogen and oxygen atoms in total. The van der Waals surface area contributed by atoms with Crippen LogP contribution in [0, 0.1) is 0 Å². The van der Waals surface area contributed by atoms with Gasteiger partial charge in [-0.1, -0.05) is 30.5 Å². The average molecular weight is 253 g/mol. The second kappa shape index (κ2) is 5.74. The molecule has 0 aromatic heterocycles. The van der Waals surface area contributed by atoms with Crippen molar-refractivity contribution in [1.29, 1.82) is 0 Å². The molecular formula is C14H21ClN2. The Morgan fingerprint density at radius 3 is 2.88 bits per heavy atom. The molecular weight excluding hydrogens is 232 g/mol. The van der Waals surface area contributed by atoms with E-state index in [2.05, 4.69) is 24.0 Å². The molecule has 1 fully saturated rings. The third-order valence-electron chi connectivity index (χ3n) is 3.61. The van der Waals surface area contributed by atoms with Crippen LogP contribution < -0.4 is 10.6 Å². The molecule has 1 aliphatic rings. The third-order valence-corrected chi connectivity index (χ3v) is 3.91. The summed E-state index contributed by atoms with van der Waals surface area (Å²) in [6.07, 6.45) is 5.18. The van der Waals surface area contributed by atoms with Gasteiger partial charge in [0, 0.05) is 19.1 Å². The highest BCUT2D eigenvalue weighted by molar-refractivity contribution is 6.33. The molecule has 0 amide bonds. The summed E-state index contributed by atoms with van der Waals surface area (Å²) in [6.45, 7) is 3.96. The van der Waals surface area contributed by atoms with Crippen molar-refractivity contribution in [2.45, 2.75) is 45.2 Å². The van der Waals surface area contributed by atoms with E-state index >= 15 is 0 Å². The number of rotatable bonds is 2. The van der Waals surface area contributed by atoms with Crippen LogP contribution in [-0.4, -0.2) is 12.6 Å². The lowest BCUT2D eigenvalue weighted by molar-refractivity contribution is 0.616. The van der Waals surface area contributed by atoms with Crippen molar-refractivity contribution in [3.8, 4) is 0 Å². The molecule has 0 bridgehead atoms. The fourth-order valence-corrected chi connectivity index (χ4v) is 2.85. The van der Waals surface area contributed by atoms with Crippen LogP contribution >= 0.6 is 11.6 Å². The molecule has 0 aliphatic carbocycles. The number of nitrogens with two attached hydrogens (primary N) is 1. The minimum Gasteiger partial charge on any atom is -0.368 e. The van der Waals surface area contributed by atoms with E-state index in [4.69, 9.17) is 17.3 Å². The normalized spacial score (nSPS) is 21.4. The van der Waals surface area contributed by atoms with Gasteiger partial charge in [0.2, 0.25) is 0 Å². The van der Waals surface area contributed by atoms with Gasteiger partial charge in [-0.2, -0.15) is 0 Å². The van der Waals surface area contributed by atoms with Crippen LogP contribution in [0.3, 0.4) is 0 Å². The maximum absolute atomic E-state index is 6.36. The molecule has 3 heteroatoms. The zero-order valence-corrected chi connectivity index (χ0v) is 11.2. The number of benzene rings is 1. The van der Waals surface area contributed by atoms with E-state index in [0.29, 0.717) is 12.6 Å². The smallest absolute Gasteiger partial charge is 0.0642 e.